The lowest BCUT2D eigenvalue weighted by atomic mass is 9.94. The van der Waals surface area contributed by atoms with Gasteiger partial charge in [0.1, 0.15) is 11.5 Å². The van der Waals surface area contributed by atoms with Crippen LogP contribution >= 0.6 is 0 Å². The van der Waals surface area contributed by atoms with E-state index in [0.29, 0.717) is 11.1 Å². The molecule has 1 atom stereocenters. The van der Waals surface area contributed by atoms with Crippen molar-refractivity contribution >= 4 is 28.2 Å². The average molecular weight is 403 g/mol. The van der Waals surface area contributed by atoms with E-state index in [1.807, 2.05) is 30.3 Å². The van der Waals surface area contributed by atoms with Gasteiger partial charge in [0, 0.05) is 19.2 Å². The van der Waals surface area contributed by atoms with Crippen LogP contribution in [0.25, 0.3) is 16.5 Å². The van der Waals surface area contributed by atoms with Crippen LogP contribution in [0, 0.1) is 0 Å². The van der Waals surface area contributed by atoms with Gasteiger partial charge in [0.25, 0.3) is 11.7 Å². The van der Waals surface area contributed by atoms with Gasteiger partial charge in [-0.15, -0.1) is 0 Å². The highest BCUT2D eigenvalue weighted by atomic mass is 16.5. The van der Waals surface area contributed by atoms with Gasteiger partial charge in [0.15, 0.2) is 0 Å². The van der Waals surface area contributed by atoms with E-state index < -0.39 is 17.7 Å². The number of aliphatic hydroxyl groups is 1. The highest BCUT2D eigenvalue weighted by molar-refractivity contribution is 6.46. The molecule has 1 amide bonds. The minimum Gasteiger partial charge on any atom is -0.508 e. The zero-order chi connectivity index (χ0) is 21.3. The molecule has 2 N–H and O–H groups in total. The summed E-state index contributed by atoms with van der Waals surface area (Å²) in [5.41, 5.74) is 0.980. The zero-order valence-electron chi connectivity index (χ0n) is 16.4. The van der Waals surface area contributed by atoms with Crippen molar-refractivity contribution in [2.24, 2.45) is 0 Å². The third kappa shape index (κ3) is 3.42. The summed E-state index contributed by atoms with van der Waals surface area (Å²) in [5.74, 6) is -1.70. The number of aromatic hydroxyl groups is 1. The third-order valence-electron chi connectivity index (χ3n) is 5.29. The topological polar surface area (TPSA) is 87.1 Å². The van der Waals surface area contributed by atoms with Crippen LogP contribution in [0.15, 0.2) is 72.3 Å². The standard InChI is InChI=1S/C24H21NO5/c1-30-12-11-25-21(17-7-4-8-19(26)14-17)20(23(28)24(25)29)22(27)18-10-9-15-5-2-3-6-16(15)13-18/h2-10,13-14,21,26-27H,11-12H2,1H3/b22-20-. The van der Waals surface area contributed by atoms with E-state index in [1.54, 1.807) is 24.3 Å². The summed E-state index contributed by atoms with van der Waals surface area (Å²) in [6.07, 6.45) is 0. The average Bonchev–Trinajstić information content (AvgIpc) is 3.01. The molecule has 30 heavy (non-hydrogen) atoms. The molecular weight excluding hydrogens is 382 g/mol. The molecule has 1 unspecified atom stereocenters. The number of carbonyl (C=O) groups is 2. The Labute approximate surface area is 173 Å². The van der Waals surface area contributed by atoms with E-state index in [-0.39, 0.29) is 30.2 Å². The predicted molar refractivity (Wildman–Crippen MR) is 113 cm³/mol. The highest BCUT2D eigenvalue weighted by Crippen LogP contribution is 2.40. The van der Waals surface area contributed by atoms with Gasteiger partial charge in [-0.1, -0.05) is 48.5 Å². The van der Waals surface area contributed by atoms with Gasteiger partial charge in [0.2, 0.25) is 0 Å². The number of carbonyl (C=O) groups excluding carboxylic acids is 2. The number of likely N-dealkylation sites (tertiary alicyclic amines) is 1. The number of nitrogens with zero attached hydrogens (tertiary/aromatic N) is 1. The number of amides is 1. The second kappa shape index (κ2) is 8.00. The lowest BCUT2D eigenvalue weighted by Gasteiger charge is -2.25. The van der Waals surface area contributed by atoms with Crippen molar-refractivity contribution < 1.29 is 24.5 Å². The van der Waals surface area contributed by atoms with Gasteiger partial charge < -0.3 is 19.8 Å². The summed E-state index contributed by atoms with van der Waals surface area (Å²) in [4.78, 5) is 27.0. The van der Waals surface area contributed by atoms with Crippen LogP contribution in [0.4, 0.5) is 0 Å². The van der Waals surface area contributed by atoms with E-state index >= 15 is 0 Å². The lowest BCUT2D eigenvalue weighted by molar-refractivity contribution is -0.140. The van der Waals surface area contributed by atoms with Crippen molar-refractivity contribution in [3.8, 4) is 5.75 Å². The van der Waals surface area contributed by atoms with Crippen molar-refractivity contribution in [1.82, 2.24) is 4.90 Å². The fourth-order valence-electron chi connectivity index (χ4n) is 3.83. The van der Waals surface area contributed by atoms with E-state index in [4.69, 9.17) is 4.74 Å². The Hall–Kier alpha value is -3.64. The van der Waals surface area contributed by atoms with Crippen LogP contribution in [0.5, 0.6) is 5.75 Å². The fourth-order valence-corrected chi connectivity index (χ4v) is 3.83. The van der Waals surface area contributed by atoms with Gasteiger partial charge >= 0.3 is 0 Å². The van der Waals surface area contributed by atoms with Gasteiger partial charge in [-0.05, 0) is 34.5 Å². The largest absolute Gasteiger partial charge is 0.508 e. The second-order valence-electron chi connectivity index (χ2n) is 7.14. The number of fused-ring (bicyclic) bond motifs is 1. The number of methoxy groups -OCH3 is 1. The van der Waals surface area contributed by atoms with E-state index in [2.05, 4.69) is 0 Å². The molecule has 1 aliphatic rings. The van der Waals surface area contributed by atoms with Gasteiger partial charge in [-0.25, -0.2) is 0 Å². The summed E-state index contributed by atoms with van der Waals surface area (Å²) in [6, 6.07) is 18.6. The van der Waals surface area contributed by atoms with Crippen molar-refractivity contribution in [1.29, 1.82) is 0 Å². The molecule has 0 spiro atoms. The van der Waals surface area contributed by atoms with Crippen molar-refractivity contribution in [2.75, 3.05) is 20.3 Å². The quantitative estimate of drug-likeness (QED) is 0.386. The first-order valence-corrected chi connectivity index (χ1v) is 9.56. The number of Topliss-reactive ketones (excluding diaryl/α,β-unsaturated/α-hetero) is 1. The van der Waals surface area contributed by atoms with E-state index in [9.17, 15) is 19.8 Å². The molecule has 1 fully saturated rings. The van der Waals surface area contributed by atoms with Crippen molar-refractivity contribution in [3.63, 3.8) is 0 Å². The number of hydrogen-bond donors (Lipinski definition) is 2. The molecule has 3 aromatic rings. The summed E-state index contributed by atoms with van der Waals surface area (Å²) >= 11 is 0. The summed E-state index contributed by atoms with van der Waals surface area (Å²) < 4.78 is 5.09. The molecule has 6 heteroatoms. The van der Waals surface area contributed by atoms with Crippen molar-refractivity contribution in [3.05, 3.63) is 83.4 Å². The molecule has 1 aliphatic heterocycles. The third-order valence-corrected chi connectivity index (χ3v) is 5.29. The molecule has 0 aromatic heterocycles. The molecule has 1 saturated heterocycles. The Balaban J connectivity index is 1.88. The molecule has 0 aliphatic carbocycles. The van der Waals surface area contributed by atoms with Gasteiger partial charge in [-0.3, -0.25) is 9.59 Å². The monoisotopic (exact) mass is 403 g/mol. The Morgan fingerprint density at radius 2 is 1.77 bits per heavy atom. The minimum atomic E-state index is -0.821. The molecule has 6 nitrogen and oxygen atoms in total. The minimum absolute atomic E-state index is 0.00279. The first kappa shape index (κ1) is 19.7. The zero-order valence-corrected chi connectivity index (χ0v) is 16.4. The highest BCUT2D eigenvalue weighted by Gasteiger charge is 2.45. The maximum Gasteiger partial charge on any atom is 0.295 e. The molecule has 0 bridgehead atoms. The summed E-state index contributed by atoms with van der Waals surface area (Å²) in [5, 5.41) is 22.9. The Bertz CT molecular complexity index is 1170. The van der Waals surface area contributed by atoms with Crippen LogP contribution in [-0.4, -0.2) is 47.1 Å². The van der Waals surface area contributed by atoms with Gasteiger partial charge in [0.05, 0.1) is 18.2 Å². The Kier molecular flexibility index (Phi) is 5.25. The maximum absolute atomic E-state index is 12.9. The fraction of sp³-hybridized carbons (Fsp3) is 0.167. The Morgan fingerprint density at radius 1 is 1.00 bits per heavy atom. The van der Waals surface area contributed by atoms with E-state index in [0.717, 1.165) is 10.8 Å². The molecule has 1 heterocycles. The number of phenols is 1. The number of ketones is 1. The number of hydrogen-bond acceptors (Lipinski definition) is 5. The summed E-state index contributed by atoms with van der Waals surface area (Å²) in [6.45, 7) is 0.411. The van der Waals surface area contributed by atoms with Crippen molar-refractivity contribution in [2.45, 2.75) is 6.04 Å². The van der Waals surface area contributed by atoms with E-state index in [1.165, 1.54) is 24.1 Å². The summed E-state index contributed by atoms with van der Waals surface area (Å²) in [7, 11) is 1.51. The molecule has 0 radical (unpaired) electrons. The first-order valence-electron chi connectivity index (χ1n) is 9.56. The molecular formula is C24H21NO5. The predicted octanol–water partition coefficient (Wildman–Crippen LogP) is 3.61. The van der Waals surface area contributed by atoms with Crippen LogP contribution in [0.2, 0.25) is 0 Å². The first-order chi connectivity index (χ1) is 14.5. The van der Waals surface area contributed by atoms with Crippen LogP contribution in [-0.2, 0) is 14.3 Å². The maximum atomic E-state index is 12.9. The molecule has 4 rings (SSSR count). The normalized spacial score (nSPS) is 18.3. The SMILES string of the molecule is COCCN1C(=O)C(=O)/C(=C(\O)c2ccc3ccccc3c2)C1c1cccc(O)c1. The molecule has 0 saturated carbocycles. The second-order valence-corrected chi connectivity index (χ2v) is 7.14. The Morgan fingerprint density at radius 3 is 2.50 bits per heavy atom. The number of benzene rings is 3. The molecule has 3 aromatic carbocycles. The van der Waals surface area contributed by atoms with Crippen LogP contribution < -0.4 is 0 Å². The molecule has 152 valence electrons. The smallest absolute Gasteiger partial charge is 0.295 e. The lowest BCUT2D eigenvalue weighted by Crippen LogP contribution is -2.32. The number of aliphatic hydroxyl groups excluding tert-OH is 1. The number of rotatable bonds is 5. The van der Waals surface area contributed by atoms with Crippen LogP contribution in [0.1, 0.15) is 17.2 Å². The van der Waals surface area contributed by atoms with Crippen LogP contribution in [0.3, 0.4) is 0 Å². The number of phenolic OH excluding ortho intramolecular Hbond substituents is 1. The number of ether oxygens (including phenoxy) is 1. The van der Waals surface area contributed by atoms with Gasteiger partial charge in [-0.2, -0.15) is 0 Å².